The Balaban J connectivity index is 1.90. The number of carbonyl (C=O) groups is 3. The van der Waals surface area contributed by atoms with Crippen molar-refractivity contribution in [2.45, 2.75) is 168 Å². The van der Waals surface area contributed by atoms with Gasteiger partial charge in [0.15, 0.2) is 0 Å². The Morgan fingerprint density at radius 2 is 1.28 bits per heavy atom. The molecule has 68 heavy (non-hydrogen) atoms. The zero-order valence-corrected chi connectivity index (χ0v) is 45.2. The fourth-order valence-corrected chi connectivity index (χ4v) is 20.0. The lowest BCUT2D eigenvalue weighted by Crippen LogP contribution is -2.68. The fraction of sp³-hybridized carbons (Fsp3) is 0.466. The molecule has 8 nitrogen and oxygen atoms in total. The molecule has 2 amide bonds. The van der Waals surface area contributed by atoms with Crippen molar-refractivity contribution < 1.29 is 28.0 Å². The molecule has 2 N–H and O–H groups in total. The molecule has 0 aliphatic carbocycles. The first-order chi connectivity index (χ1) is 32.4. The molecule has 0 saturated carbocycles. The van der Waals surface area contributed by atoms with E-state index in [4.69, 9.17) is 13.6 Å². The maximum atomic E-state index is 15.3. The second kappa shape index (κ2) is 26.6. The number of cyclic esters (lactones) is 1. The average Bonchev–Trinajstić information content (AvgIpc) is 3.29. The van der Waals surface area contributed by atoms with Crippen LogP contribution in [0.3, 0.4) is 0 Å². The fourth-order valence-electron chi connectivity index (χ4n) is 9.98. The number of allylic oxidation sites excluding steroid dienone is 8. The Morgan fingerprint density at radius 1 is 0.750 bits per heavy atom. The highest BCUT2D eigenvalue weighted by Gasteiger charge is 2.52. The molecule has 3 atom stereocenters. The zero-order chi connectivity index (χ0) is 49.9. The van der Waals surface area contributed by atoms with Crippen LogP contribution >= 0.6 is 0 Å². The van der Waals surface area contributed by atoms with Crippen LogP contribution in [0, 0.1) is 5.92 Å². The van der Waals surface area contributed by atoms with E-state index in [9.17, 15) is 9.59 Å². The number of carbonyl (C=O) groups excluding carboxylic acids is 3. The summed E-state index contributed by atoms with van der Waals surface area (Å²) in [5.74, 6) is -0.558. The molecule has 10 heteroatoms. The minimum atomic E-state index is -3.09. The molecule has 1 heterocycles. The number of benzene rings is 3. The predicted molar refractivity (Wildman–Crippen MR) is 288 cm³/mol. The lowest BCUT2D eigenvalue weighted by Gasteiger charge is -2.46. The maximum Gasteiger partial charge on any atom is 0.342 e. The molecular weight excluding hydrogens is 877 g/mol. The molecule has 3 aromatic carbocycles. The van der Waals surface area contributed by atoms with Crippen LogP contribution < -0.4 is 25.4 Å². The first-order valence-corrected chi connectivity index (χ1v) is 29.2. The van der Waals surface area contributed by atoms with Gasteiger partial charge in [-0.2, -0.15) is 0 Å². The number of amides is 2. The summed E-state index contributed by atoms with van der Waals surface area (Å²) >= 11 is 0. The van der Waals surface area contributed by atoms with E-state index in [0.29, 0.717) is 30.6 Å². The van der Waals surface area contributed by atoms with Crippen LogP contribution in [0.2, 0.25) is 21.7 Å². The van der Waals surface area contributed by atoms with Crippen molar-refractivity contribution in [3.63, 3.8) is 0 Å². The van der Waals surface area contributed by atoms with Crippen molar-refractivity contribution in [2.24, 2.45) is 5.92 Å². The van der Waals surface area contributed by atoms with Crippen LogP contribution in [-0.4, -0.2) is 52.8 Å². The van der Waals surface area contributed by atoms with Crippen molar-refractivity contribution >= 4 is 44.8 Å². The van der Waals surface area contributed by atoms with E-state index in [1.165, 1.54) is 22.5 Å². The Bertz CT molecular complexity index is 2110. The summed E-state index contributed by atoms with van der Waals surface area (Å²) in [6.45, 7) is 26.6. The molecule has 368 valence electrons. The second-order valence-electron chi connectivity index (χ2n) is 20.2. The maximum absolute atomic E-state index is 15.3. The highest BCUT2D eigenvalue weighted by Crippen LogP contribution is 2.44. The Labute approximate surface area is 412 Å². The summed E-state index contributed by atoms with van der Waals surface area (Å²) in [6, 6.07) is 27.2. The molecule has 0 radical (unpaired) electrons. The van der Waals surface area contributed by atoms with Gasteiger partial charge in [-0.25, -0.2) is 4.79 Å². The van der Waals surface area contributed by atoms with E-state index >= 15 is 4.79 Å². The summed E-state index contributed by atoms with van der Waals surface area (Å²) in [4.78, 5) is 42.0. The van der Waals surface area contributed by atoms with Gasteiger partial charge >= 0.3 is 5.97 Å². The van der Waals surface area contributed by atoms with Crippen LogP contribution in [0.15, 0.2) is 140 Å². The number of fused-ring (bicyclic) bond motifs is 1. The van der Waals surface area contributed by atoms with E-state index in [2.05, 4.69) is 141 Å². The van der Waals surface area contributed by atoms with E-state index in [0.717, 1.165) is 24.8 Å². The van der Waals surface area contributed by atoms with Gasteiger partial charge in [-0.15, -0.1) is 0 Å². The van der Waals surface area contributed by atoms with Gasteiger partial charge in [0.05, 0.1) is 6.10 Å². The minimum Gasteiger partial charge on any atom is -0.542 e. The number of ether oxygens (including phenoxy) is 1. The monoisotopic (exact) mass is 959 g/mol. The standard InChI is InChI=1S/C58H82N2O6Si2/c1-13-15-17-25-38-54(61)59-53(60-55(62)39-26-18-16-14-2)41-40-48-42-52(66-68(58(10,11)12,49-33-21-19-22-34-49)50-35-23-20-24-36-50)46(9)30-27-28-31-47-32-29-37-51(56(47)57(63)64-48)65-67(43(3)4,44(5)6)45(7)8/h15-29,32-39,43-46,48,52-53H,13-14,30-31,40-42H2,1-12H3,(H,59,61)(H,60,62)/b17-15-,18-16-,28-27+,38-25-,39-26-/t46-,48-,52?/m1/s1. The van der Waals surface area contributed by atoms with Crippen molar-refractivity contribution in [1.29, 1.82) is 0 Å². The van der Waals surface area contributed by atoms with Gasteiger partial charge in [0.1, 0.15) is 23.6 Å². The Kier molecular flexibility index (Phi) is 21.8. The molecule has 0 spiro atoms. The molecule has 4 rings (SSSR count). The predicted octanol–water partition coefficient (Wildman–Crippen LogP) is 12.6. The molecule has 1 aliphatic rings. The summed E-state index contributed by atoms with van der Waals surface area (Å²) < 4.78 is 22.1. The van der Waals surface area contributed by atoms with Gasteiger partial charge in [-0.05, 0) is 88.1 Å². The lowest BCUT2D eigenvalue weighted by atomic mass is 9.93. The first kappa shape index (κ1) is 55.6. The zero-order valence-electron chi connectivity index (χ0n) is 43.2. The SMILES string of the molecule is CC/C=C\C=C/C(=O)NC(CC[C@@H]1CC(O[Si](c2ccccc2)(c2ccccc2)C(C)(C)C)[C@H](C)C/C=C/Cc2cccc(O[Si](C(C)C)(C(C)C)C(C)C)c2C(=O)O1)NC(=O)/C=C\C=C/CC. The molecule has 3 aromatic rings. The smallest absolute Gasteiger partial charge is 0.342 e. The van der Waals surface area contributed by atoms with Gasteiger partial charge < -0.3 is 24.2 Å². The third-order valence-electron chi connectivity index (χ3n) is 13.3. The normalized spacial score (nSPS) is 18.4. The van der Waals surface area contributed by atoms with Gasteiger partial charge in [-0.3, -0.25) is 9.59 Å². The Morgan fingerprint density at radius 3 is 1.76 bits per heavy atom. The lowest BCUT2D eigenvalue weighted by molar-refractivity contribution is -0.119. The summed E-state index contributed by atoms with van der Waals surface area (Å²) in [6.07, 6.45) is 20.4. The van der Waals surface area contributed by atoms with Gasteiger partial charge in [-0.1, -0.05) is 204 Å². The molecule has 0 saturated heterocycles. The first-order valence-electron chi connectivity index (χ1n) is 25.1. The number of hydrogen-bond donors (Lipinski definition) is 2. The number of rotatable bonds is 20. The molecule has 1 unspecified atom stereocenters. The average molecular weight is 959 g/mol. The third kappa shape index (κ3) is 14.7. The van der Waals surface area contributed by atoms with Crippen molar-refractivity contribution in [1.82, 2.24) is 10.6 Å². The second-order valence-corrected chi connectivity index (χ2v) is 29.8. The summed E-state index contributed by atoms with van der Waals surface area (Å²) in [7, 11) is -5.59. The van der Waals surface area contributed by atoms with Gasteiger partial charge in [0.2, 0.25) is 11.8 Å². The molecular formula is C58H82N2O6Si2. The van der Waals surface area contributed by atoms with Crippen LogP contribution in [0.4, 0.5) is 0 Å². The number of nitrogens with one attached hydrogen (secondary N) is 2. The minimum absolute atomic E-state index is 0.0234. The van der Waals surface area contributed by atoms with Crippen LogP contribution in [-0.2, 0) is 25.2 Å². The largest absolute Gasteiger partial charge is 0.542 e. The summed E-state index contributed by atoms with van der Waals surface area (Å²) in [5, 5.41) is 8.06. The topological polar surface area (TPSA) is 103 Å². The van der Waals surface area contributed by atoms with Crippen LogP contribution in [0.1, 0.15) is 138 Å². The van der Waals surface area contributed by atoms with Crippen LogP contribution in [0.5, 0.6) is 5.75 Å². The van der Waals surface area contributed by atoms with Gasteiger partial charge in [0, 0.05) is 18.6 Å². The van der Waals surface area contributed by atoms with E-state index < -0.39 is 34.9 Å². The quantitative estimate of drug-likeness (QED) is 0.0292. The van der Waals surface area contributed by atoms with Crippen LogP contribution in [0.25, 0.3) is 0 Å². The molecule has 0 aromatic heterocycles. The Hall–Kier alpha value is -5.04. The number of hydrogen-bond acceptors (Lipinski definition) is 6. The van der Waals surface area contributed by atoms with E-state index in [1.807, 2.05) is 68.5 Å². The summed E-state index contributed by atoms with van der Waals surface area (Å²) in [5.41, 5.74) is 2.15. The highest BCUT2D eigenvalue weighted by atomic mass is 28.4. The molecule has 0 fully saturated rings. The van der Waals surface area contributed by atoms with Crippen molar-refractivity contribution in [3.05, 3.63) is 151 Å². The highest BCUT2D eigenvalue weighted by molar-refractivity contribution is 6.99. The van der Waals surface area contributed by atoms with Crippen molar-refractivity contribution in [2.75, 3.05) is 0 Å². The van der Waals surface area contributed by atoms with E-state index in [1.54, 1.807) is 12.2 Å². The molecule has 1 aliphatic heterocycles. The number of esters is 1. The van der Waals surface area contributed by atoms with Gasteiger partial charge in [0.25, 0.3) is 16.6 Å². The third-order valence-corrected chi connectivity index (χ3v) is 24.4. The van der Waals surface area contributed by atoms with E-state index in [-0.39, 0.29) is 51.9 Å². The van der Waals surface area contributed by atoms with Crippen molar-refractivity contribution in [3.8, 4) is 5.75 Å². The molecule has 0 bridgehead atoms.